The van der Waals surface area contributed by atoms with Gasteiger partial charge in [0.25, 0.3) is 5.56 Å². The lowest BCUT2D eigenvalue weighted by atomic mass is 10.1. The highest BCUT2D eigenvalue weighted by Crippen LogP contribution is 2.20. The molecule has 0 aliphatic carbocycles. The van der Waals surface area contributed by atoms with Crippen molar-refractivity contribution < 1.29 is 14.3 Å². The van der Waals surface area contributed by atoms with E-state index in [9.17, 15) is 9.59 Å². The molecule has 9 heteroatoms. The van der Waals surface area contributed by atoms with Crippen LogP contribution in [0.4, 0.5) is 5.69 Å². The third kappa shape index (κ3) is 4.66. The van der Waals surface area contributed by atoms with Crippen LogP contribution in [0.25, 0.3) is 0 Å². The van der Waals surface area contributed by atoms with E-state index in [0.717, 1.165) is 40.3 Å². The smallest absolute Gasteiger partial charge is 0.269 e. The number of anilines is 1. The highest BCUT2D eigenvalue weighted by atomic mass is 16.5. The number of rotatable bonds is 6. The van der Waals surface area contributed by atoms with Crippen LogP contribution in [0.5, 0.6) is 5.88 Å². The van der Waals surface area contributed by atoms with E-state index in [1.807, 2.05) is 24.8 Å². The molecule has 1 fully saturated rings. The van der Waals surface area contributed by atoms with Crippen LogP contribution in [0, 0.1) is 13.8 Å². The lowest BCUT2D eigenvalue weighted by Crippen LogP contribution is -2.38. The summed E-state index contributed by atoms with van der Waals surface area (Å²) >= 11 is 0. The summed E-state index contributed by atoms with van der Waals surface area (Å²) in [5.74, 6) is 0.179. The van der Waals surface area contributed by atoms with Gasteiger partial charge in [-0.3, -0.25) is 9.59 Å². The van der Waals surface area contributed by atoms with Gasteiger partial charge in [0.15, 0.2) is 0 Å². The first-order valence-corrected chi connectivity index (χ1v) is 9.15. The molecule has 1 aliphatic heterocycles. The molecule has 0 unspecified atom stereocenters. The summed E-state index contributed by atoms with van der Waals surface area (Å²) in [6, 6.07) is 3.43. The number of hydrogen-bond donors (Lipinski definition) is 1. The highest BCUT2D eigenvalue weighted by Gasteiger charge is 2.15. The predicted octanol–water partition coefficient (Wildman–Crippen LogP) is 0.417. The van der Waals surface area contributed by atoms with Gasteiger partial charge in [0, 0.05) is 37.0 Å². The Hall–Kier alpha value is -2.94. The molecule has 2 aromatic rings. The zero-order valence-electron chi connectivity index (χ0n) is 16.4. The number of nitrogens with zero attached hydrogens (tertiary/aromatic N) is 4. The van der Waals surface area contributed by atoms with E-state index in [-0.39, 0.29) is 24.6 Å². The van der Waals surface area contributed by atoms with Crippen molar-refractivity contribution in [2.45, 2.75) is 26.9 Å². The van der Waals surface area contributed by atoms with E-state index < -0.39 is 0 Å². The summed E-state index contributed by atoms with van der Waals surface area (Å²) < 4.78 is 11.8. The molecule has 1 N–H and O–H groups in total. The van der Waals surface area contributed by atoms with E-state index in [0.29, 0.717) is 19.1 Å². The lowest BCUT2D eigenvalue weighted by molar-refractivity contribution is -0.122. The van der Waals surface area contributed by atoms with Gasteiger partial charge in [-0.2, -0.15) is 5.10 Å². The first-order valence-electron chi connectivity index (χ1n) is 9.15. The zero-order chi connectivity index (χ0) is 20.1. The second-order valence-electron chi connectivity index (χ2n) is 6.65. The first-order chi connectivity index (χ1) is 13.5. The van der Waals surface area contributed by atoms with Gasteiger partial charge in [-0.05, 0) is 25.5 Å². The van der Waals surface area contributed by atoms with Crippen molar-refractivity contribution in [2.75, 3.05) is 38.3 Å². The van der Waals surface area contributed by atoms with Crippen molar-refractivity contribution in [3.8, 4) is 5.88 Å². The lowest BCUT2D eigenvalue weighted by Gasteiger charge is -2.28. The summed E-state index contributed by atoms with van der Waals surface area (Å²) in [5, 5.41) is 6.94. The fourth-order valence-electron chi connectivity index (χ4n) is 3.13. The van der Waals surface area contributed by atoms with Crippen LogP contribution in [0.15, 0.2) is 23.1 Å². The summed E-state index contributed by atoms with van der Waals surface area (Å²) in [6.07, 6.45) is 1.61. The number of pyridine rings is 1. The zero-order valence-corrected chi connectivity index (χ0v) is 16.4. The molecule has 1 saturated heterocycles. The third-order valence-corrected chi connectivity index (χ3v) is 4.62. The molecule has 9 nitrogen and oxygen atoms in total. The number of methoxy groups -OCH3 is 1. The van der Waals surface area contributed by atoms with Crippen LogP contribution >= 0.6 is 0 Å². The van der Waals surface area contributed by atoms with E-state index in [4.69, 9.17) is 9.47 Å². The number of morpholine rings is 1. The molecule has 0 atom stereocenters. The van der Waals surface area contributed by atoms with Crippen LogP contribution in [-0.4, -0.2) is 54.1 Å². The Morgan fingerprint density at radius 2 is 2.04 bits per heavy atom. The maximum Gasteiger partial charge on any atom is 0.269 e. The molecule has 0 spiro atoms. The second-order valence-corrected chi connectivity index (χ2v) is 6.65. The first kappa shape index (κ1) is 19.8. The third-order valence-electron chi connectivity index (χ3n) is 4.62. The van der Waals surface area contributed by atoms with Crippen molar-refractivity contribution in [3.05, 3.63) is 45.5 Å². The summed E-state index contributed by atoms with van der Waals surface area (Å²) in [7, 11) is 1.55. The molecule has 3 rings (SSSR count). The minimum Gasteiger partial charge on any atom is -0.481 e. The maximum atomic E-state index is 12.3. The van der Waals surface area contributed by atoms with Crippen molar-refractivity contribution >= 4 is 11.6 Å². The fourth-order valence-corrected chi connectivity index (χ4v) is 3.13. The topological polar surface area (TPSA) is 98.6 Å². The van der Waals surface area contributed by atoms with Gasteiger partial charge in [-0.25, -0.2) is 9.67 Å². The van der Waals surface area contributed by atoms with Crippen LogP contribution in [0.2, 0.25) is 0 Å². The molecule has 0 bridgehead atoms. The van der Waals surface area contributed by atoms with Gasteiger partial charge in [-0.15, -0.1) is 0 Å². The number of ether oxygens (including phenoxy) is 2. The summed E-state index contributed by atoms with van der Waals surface area (Å²) in [4.78, 5) is 31.0. The number of aryl methyl sites for hydroxylation is 2. The van der Waals surface area contributed by atoms with Crippen molar-refractivity contribution in [1.29, 1.82) is 0 Å². The van der Waals surface area contributed by atoms with Gasteiger partial charge in [0.2, 0.25) is 11.8 Å². The molecular weight excluding hydrogens is 362 g/mol. The molecule has 0 saturated carbocycles. The maximum absolute atomic E-state index is 12.3. The molecular formula is C19H25N5O4. The number of carbonyl (C=O) groups excluding carboxylic acids is 1. The quantitative estimate of drug-likeness (QED) is 0.767. The van der Waals surface area contributed by atoms with E-state index in [1.165, 1.54) is 6.07 Å². The van der Waals surface area contributed by atoms with Gasteiger partial charge in [0.05, 0.1) is 32.2 Å². The summed E-state index contributed by atoms with van der Waals surface area (Å²) in [5.41, 5.74) is 3.07. The Morgan fingerprint density at radius 1 is 1.29 bits per heavy atom. The standard InChI is InChI=1S/C19H25N5O4/c1-13-8-14(2)22-19(27-3)16(13)11-20-17(25)12-24-18(26)9-15(10-21-24)23-4-6-28-7-5-23/h8-10H,4-7,11-12H2,1-3H3,(H,20,25). The highest BCUT2D eigenvalue weighted by molar-refractivity contribution is 5.75. The monoisotopic (exact) mass is 387 g/mol. The van der Waals surface area contributed by atoms with Crippen LogP contribution in [-0.2, 0) is 22.6 Å². The summed E-state index contributed by atoms with van der Waals surface area (Å²) in [6.45, 7) is 6.63. The molecule has 2 aromatic heterocycles. The molecule has 3 heterocycles. The average molecular weight is 387 g/mol. The largest absolute Gasteiger partial charge is 0.481 e. The van der Waals surface area contributed by atoms with Crippen LogP contribution < -0.4 is 20.5 Å². The van der Waals surface area contributed by atoms with Gasteiger partial charge in [0.1, 0.15) is 6.54 Å². The Morgan fingerprint density at radius 3 is 2.71 bits per heavy atom. The minimum atomic E-state index is -0.315. The Labute approximate surface area is 163 Å². The average Bonchev–Trinajstić information content (AvgIpc) is 2.69. The fraction of sp³-hybridized carbons (Fsp3) is 0.474. The van der Waals surface area contributed by atoms with Crippen molar-refractivity contribution in [2.24, 2.45) is 0 Å². The number of hydrogen-bond acceptors (Lipinski definition) is 7. The van der Waals surface area contributed by atoms with Gasteiger partial charge in [-0.1, -0.05) is 0 Å². The Balaban J connectivity index is 1.63. The minimum absolute atomic E-state index is 0.150. The number of aromatic nitrogens is 3. The molecule has 1 aliphatic rings. The van der Waals surface area contributed by atoms with Crippen molar-refractivity contribution in [3.63, 3.8) is 0 Å². The molecule has 1 amide bonds. The van der Waals surface area contributed by atoms with Gasteiger partial charge >= 0.3 is 0 Å². The molecule has 28 heavy (non-hydrogen) atoms. The second kappa shape index (κ2) is 8.83. The number of amides is 1. The molecule has 0 radical (unpaired) electrons. The van der Waals surface area contributed by atoms with E-state index in [2.05, 4.69) is 15.4 Å². The van der Waals surface area contributed by atoms with Crippen LogP contribution in [0.3, 0.4) is 0 Å². The normalized spacial score (nSPS) is 14.0. The Kier molecular flexibility index (Phi) is 6.25. The van der Waals surface area contributed by atoms with Crippen molar-refractivity contribution in [1.82, 2.24) is 20.1 Å². The van der Waals surface area contributed by atoms with Gasteiger partial charge < -0.3 is 19.7 Å². The number of carbonyl (C=O) groups is 1. The number of nitrogens with one attached hydrogen (secondary N) is 1. The van der Waals surface area contributed by atoms with E-state index in [1.54, 1.807) is 13.3 Å². The SMILES string of the molecule is COc1nc(C)cc(C)c1CNC(=O)Cn1ncc(N2CCOCC2)cc1=O. The van der Waals surface area contributed by atoms with Crippen LogP contribution in [0.1, 0.15) is 16.8 Å². The predicted molar refractivity (Wildman–Crippen MR) is 104 cm³/mol. The Bertz CT molecular complexity index is 906. The molecule has 0 aromatic carbocycles. The van der Waals surface area contributed by atoms with E-state index >= 15 is 0 Å². The molecule has 150 valence electrons.